The van der Waals surface area contributed by atoms with E-state index >= 15 is 0 Å². The topological polar surface area (TPSA) is 61.8 Å². The molecule has 1 atom stereocenters. The summed E-state index contributed by atoms with van der Waals surface area (Å²) in [7, 11) is 0. The molecule has 0 rings (SSSR count). The van der Waals surface area contributed by atoms with Gasteiger partial charge in [-0.1, -0.05) is 220 Å². The fourth-order valence-electron chi connectivity index (χ4n) is 6.75. The summed E-state index contributed by atoms with van der Waals surface area (Å²) in [5, 5.41) is 0. The third-order valence-corrected chi connectivity index (χ3v) is 10.1. The van der Waals surface area contributed by atoms with Crippen molar-refractivity contribution in [3.05, 3.63) is 0 Å². The lowest BCUT2D eigenvalue weighted by Crippen LogP contribution is -2.30. The molecule has 0 aliphatic heterocycles. The number of ether oxygens (including phenoxy) is 3. The Kier molecular flexibility index (Phi) is 41.4. The molecule has 5 heteroatoms. The van der Waals surface area contributed by atoms with E-state index in [1.54, 1.807) is 0 Å². The number of carbonyl (C=O) groups excluding carboxylic acids is 2. The first kappa shape index (κ1) is 48.9. The van der Waals surface area contributed by atoms with E-state index in [0.29, 0.717) is 26.1 Å². The van der Waals surface area contributed by atoms with Gasteiger partial charge in [-0.2, -0.15) is 0 Å². The van der Waals surface area contributed by atoms with Gasteiger partial charge in [0, 0.05) is 19.4 Å². The molecule has 298 valence electrons. The van der Waals surface area contributed by atoms with E-state index < -0.39 is 6.10 Å². The minimum atomic E-state index is -0.519. The van der Waals surface area contributed by atoms with Gasteiger partial charge in [0.2, 0.25) is 0 Å². The summed E-state index contributed by atoms with van der Waals surface area (Å²) in [4.78, 5) is 24.9. The zero-order valence-corrected chi connectivity index (χ0v) is 34.2. The molecule has 0 aliphatic rings. The highest BCUT2D eigenvalue weighted by molar-refractivity contribution is 5.70. The number of hydrogen-bond donors (Lipinski definition) is 0. The molecule has 0 amide bonds. The van der Waals surface area contributed by atoms with Crippen molar-refractivity contribution in [2.75, 3.05) is 19.8 Å². The molecule has 0 heterocycles. The highest BCUT2D eigenvalue weighted by Crippen LogP contribution is 2.16. The van der Waals surface area contributed by atoms with Crippen LogP contribution in [0.4, 0.5) is 0 Å². The molecule has 0 aromatic heterocycles. The van der Waals surface area contributed by atoms with E-state index in [-0.39, 0.29) is 18.5 Å². The molecule has 50 heavy (non-hydrogen) atoms. The average Bonchev–Trinajstić information content (AvgIpc) is 3.11. The number of carbonyl (C=O) groups is 2. The Morgan fingerprint density at radius 1 is 0.360 bits per heavy atom. The molecule has 1 unspecified atom stereocenters. The van der Waals surface area contributed by atoms with Crippen LogP contribution in [0.3, 0.4) is 0 Å². The van der Waals surface area contributed by atoms with Crippen LogP contribution in [0.5, 0.6) is 0 Å². The van der Waals surface area contributed by atoms with E-state index in [4.69, 9.17) is 14.2 Å². The zero-order valence-electron chi connectivity index (χ0n) is 34.2. The Hall–Kier alpha value is -1.10. The van der Waals surface area contributed by atoms with Gasteiger partial charge in [0.25, 0.3) is 0 Å². The monoisotopic (exact) mass is 709 g/mol. The minimum Gasteiger partial charge on any atom is -0.462 e. The van der Waals surface area contributed by atoms with Gasteiger partial charge in [0.15, 0.2) is 6.10 Å². The lowest BCUT2D eigenvalue weighted by Gasteiger charge is -2.18. The van der Waals surface area contributed by atoms with Gasteiger partial charge in [0.1, 0.15) is 6.61 Å². The summed E-state index contributed by atoms with van der Waals surface area (Å²) in [6.45, 7) is 7.80. The van der Waals surface area contributed by atoms with Crippen LogP contribution in [0.15, 0.2) is 0 Å². The normalized spacial score (nSPS) is 12.0. The van der Waals surface area contributed by atoms with Crippen molar-refractivity contribution in [2.24, 2.45) is 0 Å². The van der Waals surface area contributed by atoms with Crippen molar-refractivity contribution < 1.29 is 23.8 Å². The number of esters is 2. The summed E-state index contributed by atoms with van der Waals surface area (Å²) in [5.41, 5.74) is 0. The summed E-state index contributed by atoms with van der Waals surface area (Å²) in [6, 6.07) is 0. The predicted octanol–water partition coefficient (Wildman–Crippen LogP) is 14.6. The molecule has 0 aromatic carbocycles. The maximum absolute atomic E-state index is 12.5. The molecule has 0 aliphatic carbocycles. The van der Waals surface area contributed by atoms with Crippen molar-refractivity contribution >= 4 is 11.9 Å². The van der Waals surface area contributed by atoms with Gasteiger partial charge in [-0.05, 0) is 19.3 Å². The van der Waals surface area contributed by atoms with Crippen LogP contribution in [0.2, 0.25) is 0 Å². The lowest BCUT2D eigenvalue weighted by molar-refractivity contribution is -0.163. The van der Waals surface area contributed by atoms with Gasteiger partial charge in [-0.3, -0.25) is 9.59 Å². The summed E-state index contributed by atoms with van der Waals surface area (Å²) in [5.74, 6) is -0.394. The van der Waals surface area contributed by atoms with Gasteiger partial charge in [-0.15, -0.1) is 0 Å². The Bertz CT molecular complexity index is 680. The molecular weight excluding hydrogens is 620 g/mol. The lowest BCUT2D eigenvalue weighted by atomic mass is 10.0. The second-order valence-corrected chi connectivity index (χ2v) is 15.3. The fraction of sp³-hybridized carbons (Fsp3) is 0.956. The molecular formula is C45H88O5. The third-order valence-electron chi connectivity index (χ3n) is 10.1. The van der Waals surface area contributed by atoms with Crippen molar-refractivity contribution in [1.82, 2.24) is 0 Å². The highest BCUT2D eigenvalue weighted by atomic mass is 16.6. The largest absolute Gasteiger partial charge is 0.462 e. The second kappa shape index (κ2) is 42.3. The molecule has 0 spiro atoms. The Labute approximate surface area is 312 Å². The summed E-state index contributed by atoms with van der Waals surface area (Å²) < 4.78 is 17.2. The number of unbranched alkanes of at least 4 members (excludes halogenated alkanes) is 31. The molecule has 5 nitrogen and oxygen atoms in total. The first-order valence-electron chi connectivity index (χ1n) is 22.6. The second-order valence-electron chi connectivity index (χ2n) is 15.3. The van der Waals surface area contributed by atoms with Crippen LogP contribution in [0.25, 0.3) is 0 Å². The van der Waals surface area contributed by atoms with Crippen LogP contribution in [-0.4, -0.2) is 37.9 Å². The Morgan fingerprint density at radius 2 is 0.660 bits per heavy atom. The Balaban J connectivity index is 3.96. The van der Waals surface area contributed by atoms with E-state index in [1.807, 2.05) is 0 Å². The number of hydrogen-bond acceptors (Lipinski definition) is 5. The smallest absolute Gasteiger partial charge is 0.306 e. The van der Waals surface area contributed by atoms with Crippen LogP contribution in [0, 0.1) is 0 Å². The van der Waals surface area contributed by atoms with Gasteiger partial charge < -0.3 is 14.2 Å². The first-order valence-corrected chi connectivity index (χ1v) is 22.6. The average molecular weight is 709 g/mol. The molecule has 0 N–H and O–H groups in total. The quantitative estimate of drug-likeness (QED) is 0.0466. The van der Waals surface area contributed by atoms with Crippen LogP contribution in [-0.2, 0) is 23.8 Å². The molecule has 0 aromatic rings. The van der Waals surface area contributed by atoms with Crippen molar-refractivity contribution in [3.63, 3.8) is 0 Å². The summed E-state index contributed by atoms with van der Waals surface area (Å²) in [6.07, 6.45) is 44.1. The van der Waals surface area contributed by atoms with Crippen molar-refractivity contribution in [2.45, 2.75) is 258 Å². The molecule has 0 saturated carbocycles. The van der Waals surface area contributed by atoms with Crippen molar-refractivity contribution in [3.8, 4) is 0 Å². The molecule has 0 saturated heterocycles. The van der Waals surface area contributed by atoms with Gasteiger partial charge >= 0.3 is 11.9 Å². The highest BCUT2D eigenvalue weighted by Gasteiger charge is 2.17. The van der Waals surface area contributed by atoms with Gasteiger partial charge in [0.05, 0.1) is 6.61 Å². The molecule has 0 fully saturated rings. The fourth-order valence-corrected chi connectivity index (χ4v) is 6.75. The SMILES string of the molecule is CCCCCCCCCCCCCCCCCCCCOCC(COC(=O)CCCCCCCCCCCCC)OC(=O)CCCCCCC. The molecule has 0 radical (unpaired) electrons. The number of rotatable bonds is 42. The maximum Gasteiger partial charge on any atom is 0.306 e. The van der Waals surface area contributed by atoms with Crippen LogP contribution in [0.1, 0.15) is 252 Å². The summed E-state index contributed by atoms with van der Waals surface area (Å²) >= 11 is 0. The zero-order chi connectivity index (χ0) is 36.4. The van der Waals surface area contributed by atoms with E-state index in [2.05, 4.69) is 20.8 Å². The van der Waals surface area contributed by atoms with Gasteiger partial charge in [-0.25, -0.2) is 0 Å². The predicted molar refractivity (Wildman–Crippen MR) is 215 cm³/mol. The Morgan fingerprint density at radius 3 is 1.02 bits per heavy atom. The van der Waals surface area contributed by atoms with Crippen molar-refractivity contribution in [1.29, 1.82) is 0 Å². The minimum absolute atomic E-state index is 0.0948. The third kappa shape index (κ3) is 39.7. The van der Waals surface area contributed by atoms with E-state index in [0.717, 1.165) is 38.5 Å². The van der Waals surface area contributed by atoms with Crippen LogP contribution < -0.4 is 0 Å². The first-order chi connectivity index (χ1) is 24.6. The van der Waals surface area contributed by atoms with E-state index in [9.17, 15) is 9.59 Å². The maximum atomic E-state index is 12.5. The van der Waals surface area contributed by atoms with E-state index in [1.165, 1.54) is 180 Å². The molecule has 0 bridgehead atoms. The standard InChI is InChI=1S/C45H88O5/c1-4-7-10-13-15-17-19-20-21-22-23-24-25-27-29-31-34-37-40-48-41-43(50-45(47)39-36-32-12-9-6-3)42-49-44(46)38-35-33-30-28-26-18-16-14-11-8-5-2/h43H,4-42H2,1-3H3. The van der Waals surface area contributed by atoms with Crippen LogP contribution >= 0.6 is 0 Å².